The van der Waals surface area contributed by atoms with E-state index in [0.29, 0.717) is 21.2 Å². The van der Waals surface area contributed by atoms with Crippen LogP contribution in [0.5, 0.6) is 5.75 Å². The number of aromatic nitrogens is 1. The van der Waals surface area contributed by atoms with E-state index >= 15 is 0 Å². The third-order valence-corrected chi connectivity index (χ3v) is 2.33. The summed E-state index contributed by atoms with van der Waals surface area (Å²) in [6.07, 6.45) is 0. The van der Waals surface area contributed by atoms with E-state index in [0.717, 1.165) is 0 Å². The smallest absolute Gasteiger partial charge is 0.293 e. The predicted molar refractivity (Wildman–Crippen MR) is 47.3 cm³/mol. The molecule has 0 aliphatic rings. The summed E-state index contributed by atoms with van der Waals surface area (Å²) in [5.41, 5.74) is 11.5. The normalized spacial score (nSPS) is 10.8. The minimum Gasteiger partial charge on any atom is -0.490 e. The lowest BCUT2D eigenvalue weighted by atomic mass is 10.5. The lowest BCUT2D eigenvalue weighted by Crippen LogP contribution is -1.86. The highest BCUT2D eigenvalue weighted by molar-refractivity contribution is 7.22. The third-order valence-electron chi connectivity index (χ3n) is 1.45. The molecule has 6 heteroatoms. The number of hydrogen-bond donors (Lipinski definition) is 2. The number of thiophene rings is 1. The van der Waals surface area contributed by atoms with E-state index < -0.39 is 0 Å². The lowest BCUT2D eigenvalue weighted by Gasteiger charge is -1.94. The minimum atomic E-state index is 0.134. The largest absolute Gasteiger partial charge is 0.490 e. The molecule has 0 aliphatic carbocycles. The van der Waals surface area contributed by atoms with E-state index in [1.54, 1.807) is 0 Å². The molecule has 0 fully saturated rings. The molecule has 0 saturated heterocycles. The lowest BCUT2D eigenvalue weighted by molar-refractivity contribution is 0.414. The SMILES string of the molecule is COc1c(N)sc2nc(N)oc12. The topological polar surface area (TPSA) is 87.3 Å². The molecule has 0 unspecified atom stereocenters. The average molecular weight is 185 g/mol. The molecule has 0 aromatic carbocycles. The summed E-state index contributed by atoms with van der Waals surface area (Å²) < 4.78 is 10.1. The van der Waals surface area contributed by atoms with E-state index in [-0.39, 0.29) is 6.01 Å². The van der Waals surface area contributed by atoms with Crippen molar-refractivity contribution in [2.24, 2.45) is 0 Å². The van der Waals surface area contributed by atoms with Crippen LogP contribution < -0.4 is 16.2 Å². The minimum absolute atomic E-state index is 0.134. The molecule has 2 heterocycles. The fourth-order valence-electron chi connectivity index (χ4n) is 0.990. The van der Waals surface area contributed by atoms with Crippen molar-refractivity contribution in [1.29, 1.82) is 0 Å². The van der Waals surface area contributed by atoms with Gasteiger partial charge in [0.05, 0.1) is 7.11 Å². The Bertz CT molecular complexity index is 420. The molecule has 0 spiro atoms. The molecule has 2 rings (SSSR count). The number of anilines is 2. The molecule has 0 radical (unpaired) electrons. The Labute approximate surface area is 71.9 Å². The van der Waals surface area contributed by atoms with Crippen molar-refractivity contribution in [3.8, 4) is 5.75 Å². The van der Waals surface area contributed by atoms with Crippen molar-refractivity contribution >= 4 is 32.8 Å². The van der Waals surface area contributed by atoms with Crippen LogP contribution in [0.25, 0.3) is 10.4 Å². The van der Waals surface area contributed by atoms with Crippen LogP contribution in [-0.4, -0.2) is 12.1 Å². The van der Waals surface area contributed by atoms with Crippen molar-refractivity contribution < 1.29 is 9.15 Å². The van der Waals surface area contributed by atoms with Gasteiger partial charge in [0.15, 0.2) is 10.6 Å². The van der Waals surface area contributed by atoms with Crippen LogP contribution in [0.15, 0.2) is 4.42 Å². The van der Waals surface area contributed by atoms with Crippen LogP contribution >= 0.6 is 11.3 Å². The first kappa shape index (κ1) is 7.23. The maximum Gasteiger partial charge on any atom is 0.293 e. The van der Waals surface area contributed by atoms with Crippen molar-refractivity contribution in [3.63, 3.8) is 0 Å². The molecule has 0 aliphatic heterocycles. The summed E-state index contributed by atoms with van der Waals surface area (Å²) in [5, 5.41) is 0.554. The first-order valence-corrected chi connectivity index (χ1v) is 4.02. The van der Waals surface area contributed by atoms with Crippen molar-refractivity contribution in [2.45, 2.75) is 0 Å². The number of rotatable bonds is 1. The van der Waals surface area contributed by atoms with E-state index in [2.05, 4.69) is 4.98 Å². The second-order valence-corrected chi connectivity index (χ2v) is 3.22. The van der Waals surface area contributed by atoms with Gasteiger partial charge >= 0.3 is 0 Å². The van der Waals surface area contributed by atoms with E-state index in [1.165, 1.54) is 18.4 Å². The molecule has 0 saturated carbocycles. The van der Waals surface area contributed by atoms with Crippen LogP contribution in [0.2, 0.25) is 0 Å². The maximum atomic E-state index is 5.61. The Balaban J connectivity index is 2.78. The van der Waals surface area contributed by atoms with Crippen molar-refractivity contribution in [1.82, 2.24) is 4.98 Å². The number of methoxy groups -OCH3 is 1. The van der Waals surface area contributed by atoms with Gasteiger partial charge in [-0.25, -0.2) is 0 Å². The number of hydrogen-bond acceptors (Lipinski definition) is 6. The maximum absolute atomic E-state index is 5.61. The number of fused-ring (bicyclic) bond motifs is 1. The van der Waals surface area contributed by atoms with Gasteiger partial charge in [0.1, 0.15) is 5.00 Å². The standard InChI is InChI=1S/C6H7N3O2S/c1-10-2-3-5(12-4(2)7)9-6(8)11-3/h7H2,1H3,(H2,8,9). The van der Waals surface area contributed by atoms with Gasteiger partial charge in [-0.1, -0.05) is 11.3 Å². The Morgan fingerprint density at radius 3 is 2.92 bits per heavy atom. The third kappa shape index (κ3) is 0.814. The molecule has 64 valence electrons. The summed E-state index contributed by atoms with van der Waals surface area (Å²) in [5.74, 6) is 0.513. The molecule has 12 heavy (non-hydrogen) atoms. The van der Waals surface area contributed by atoms with Gasteiger partial charge in [0.2, 0.25) is 5.58 Å². The average Bonchev–Trinajstić information content (AvgIpc) is 2.43. The monoisotopic (exact) mass is 185 g/mol. The summed E-state index contributed by atoms with van der Waals surface area (Å²) in [4.78, 5) is 4.58. The van der Waals surface area contributed by atoms with Gasteiger partial charge in [-0.2, -0.15) is 4.98 Å². The summed E-state index contributed by atoms with van der Waals surface area (Å²) in [6.45, 7) is 0. The van der Waals surface area contributed by atoms with Crippen molar-refractivity contribution in [2.75, 3.05) is 18.6 Å². The quantitative estimate of drug-likeness (QED) is 0.693. The molecular formula is C6H7N3O2S. The Hall–Kier alpha value is -1.43. The molecule has 0 atom stereocenters. The van der Waals surface area contributed by atoms with Crippen molar-refractivity contribution in [3.05, 3.63) is 0 Å². The molecule has 2 aromatic rings. The van der Waals surface area contributed by atoms with Gasteiger partial charge < -0.3 is 20.6 Å². The number of nitrogens with two attached hydrogens (primary N) is 2. The summed E-state index contributed by atoms with van der Waals surface area (Å²) >= 11 is 1.29. The second kappa shape index (κ2) is 2.28. The van der Waals surface area contributed by atoms with Gasteiger partial charge in [-0.3, -0.25) is 0 Å². The highest BCUT2D eigenvalue weighted by Gasteiger charge is 2.15. The Morgan fingerprint density at radius 1 is 1.50 bits per heavy atom. The number of nitrogen functional groups attached to an aromatic ring is 2. The molecule has 2 aromatic heterocycles. The zero-order valence-corrected chi connectivity index (χ0v) is 7.14. The number of ether oxygens (including phenoxy) is 1. The van der Waals surface area contributed by atoms with Gasteiger partial charge in [0, 0.05) is 0 Å². The molecule has 4 N–H and O–H groups in total. The highest BCUT2D eigenvalue weighted by atomic mass is 32.1. The zero-order valence-electron chi connectivity index (χ0n) is 6.33. The highest BCUT2D eigenvalue weighted by Crippen LogP contribution is 2.40. The second-order valence-electron chi connectivity index (χ2n) is 2.19. The molecule has 0 bridgehead atoms. The van der Waals surface area contributed by atoms with E-state index in [4.69, 9.17) is 20.6 Å². The van der Waals surface area contributed by atoms with Crippen LogP contribution in [0.1, 0.15) is 0 Å². The van der Waals surface area contributed by atoms with Crippen LogP contribution in [-0.2, 0) is 0 Å². The predicted octanol–water partition coefficient (Wildman–Crippen LogP) is 1.06. The first-order valence-electron chi connectivity index (χ1n) is 3.20. The number of nitrogens with zero attached hydrogens (tertiary/aromatic N) is 1. The fourth-order valence-corrected chi connectivity index (χ4v) is 1.83. The molecular weight excluding hydrogens is 178 g/mol. The first-order chi connectivity index (χ1) is 5.72. The Kier molecular flexibility index (Phi) is 1.37. The fraction of sp³-hybridized carbons (Fsp3) is 0.167. The summed E-state index contributed by atoms with van der Waals surface area (Å²) in [6, 6.07) is 0.134. The number of oxazole rings is 1. The van der Waals surface area contributed by atoms with Crippen LogP contribution in [0.3, 0.4) is 0 Å². The van der Waals surface area contributed by atoms with Crippen LogP contribution in [0.4, 0.5) is 11.0 Å². The van der Waals surface area contributed by atoms with Gasteiger partial charge in [-0.05, 0) is 0 Å². The zero-order chi connectivity index (χ0) is 8.72. The molecule has 0 amide bonds. The summed E-state index contributed by atoms with van der Waals surface area (Å²) in [7, 11) is 1.52. The van der Waals surface area contributed by atoms with Crippen LogP contribution in [0, 0.1) is 0 Å². The van der Waals surface area contributed by atoms with E-state index in [1.807, 2.05) is 0 Å². The van der Waals surface area contributed by atoms with E-state index in [9.17, 15) is 0 Å². The van der Waals surface area contributed by atoms with Gasteiger partial charge in [0.25, 0.3) is 6.01 Å². The Morgan fingerprint density at radius 2 is 2.25 bits per heavy atom. The molecule has 5 nitrogen and oxygen atoms in total. The van der Waals surface area contributed by atoms with Gasteiger partial charge in [-0.15, -0.1) is 0 Å².